The first-order chi connectivity index (χ1) is 10.8. The minimum Gasteiger partial charge on any atom is -0.458 e. The van der Waals surface area contributed by atoms with Gasteiger partial charge >= 0.3 is 5.97 Å². The molecule has 0 heterocycles. The number of benzene rings is 2. The molecule has 2 aromatic rings. The van der Waals surface area contributed by atoms with E-state index in [4.69, 9.17) is 0 Å². The second-order valence-electron chi connectivity index (χ2n) is 4.28. The highest BCUT2D eigenvalue weighted by molar-refractivity contribution is 7.66. The van der Waals surface area contributed by atoms with Crippen molar-refractivity contribution in [2.45, 2.75) is 6.42 Å². The average Bonchev–Trinajstić information content (AvgIpc) is 2.56. The fourth-order valence-electron chi connectivity index (χ4n) is 1.64. The molecular weight excluding hydrogens is 296 g/mol. The third-order valence-electron chi connectivity index (χ3n) is 2.58. The lowest BCUT2D eigenvalue weighted by Gasteiger charge is -2.00. The molecule has 0 fully saturated rings. The van der Waals surface area contributed by atoms with Gasteiger partial charge in [-0.1, -0.05) is 73.3 Å². The van der Waals surface area contributed by atoms with Crippen molar-refractivity contribution in [3.05, 3.63) is 84.4 Å². The van der Waals surface area contributed by atoms with Crippen LogP contribution in [-0.4, -0.2) is 22.2 Å². The van der Waals surface area contributed by atoms with Gasteiger partial charge in [0.15, 0.2) is 0 Å². The standard InChI is InChI=1S/C13H12.C5H6O3S/c1-3-7-12(8-4-1)11-13-9-5-2-6-10-13;1-2-3-8-5(6)4-9-7/h1-10H,11H2;2,4H,1,3H2. The van der Waals surface area contributed by atoms with Gasteiger partial charge in [-0.15, -0.1) is 0 Å². The molecule has 0 aliphatic rings. The molecule has 114 valence electrons. The average molecular weight is 314 g/mol. The molecule has 0 aliphatic carbocycles. The molecule has 0 atom stereocenters. The van der Waals surface area contributed by atoms with E-state index in [-0.39, 0.29) is 17.9 Å². The number of esters is 1. The minimum atomic E-state index is -0.616. The maximum atomic E-state index is 10.3. The summed E-state index contributed by atoms with van der Waals surface area (Å²) in [6.45, 7) is 3.47. The normalized spacial score (nSPS) is 8.91. The highest BCUT2D eigenvalue weighted by atomic mass is 32.1. The number of carbonyl (C=O) groups is 1. The molecule has 0 N–H and O–H groups in total. The van der Waals surface area contributed by atoms with E-state index in [1.165, 1.54) is 17.2 Å². The number of carbonyl (C=O) groups excluding carboxylic acids is 1. The fraction of sp³-hybridized carbons (Fsp3) is 0.111. The first-order valence-electron chi connectivity index (χ1n) is 6.73. The molecule has 2 aromatic carbocycles. The Bertz CT molecular complexity index is 580. The molecule has 2 rings (SSSR count). The van der Waals surface area contributed by atoms with Crippen molar-refractivity contribution in [1.82, 2.24) is 0 Å². The Balaban J connectivity index is 0.000000239. The van der Waals surface area contributed by atoms with Crippen LogP contribution in [-0.2, 0) is 27.2 Å². The fourth-order valence-corrected chi connectivity index (χ4v) is 1.79. The second-order valence-corrected chi connectivity index (χ2v) is 4.71. The van der Waals surface area contributed by atoms with E-state index < -0.39 is 5.97 Å². The number of hydrogen-bond donors (Lipinski definition) is 0. The van der Waals surface area contributed by atoms with Crippen molar-refractivity contribution in [3.8, 4) is 0 Å². The van der Waals surface area contributed by atoms with Gasteiger partial charge in [0.05, 0.1) is 11.3 Å². The molecule has 0 unspecified atom stereocenters. The van der Waals surface area contributed by atoms with E-state index in [1.54, 1.807) is 0 Å². The molecule has 0 bridgehead atoms. The Kier molecular flexibility index (Phi) is 8.98. The van der Waals surface area contributed by atoms with Crippen LogP contribution >= 0.6 is 0 Å². The molecule has 0 saturated carbocycles. The van der Waals surface area contributed by atoms with E-state index >= 15 is 0 Å². The van der Waals surface area contributed by atoms with Crippen molar-refractivity contribution >= 4 is 22.6 Å². The zero-order valence-corrected chi connectivity index (χ0v) is 13.0. The van der Waals surface area contributed by atoms with Gasteiger partial charge in [-0.05, 0) is 17.5 Å². The number of ether oxygens (including phenoxy) is 1. The first kappa shape index (κ1) is 17.6. The van der Waals surface area contributed by atoms with Gasteiger partial charge < -0.3 is 4.74 Å². The monoisotopic (exact) mass is 314 g/mol. The number of rotatable bonds is 5. The second kappa shape index (κ2) is 11.2. The summed E-state index contributed by atoms with van der Waals surface area (Å²) in [5, 5.41) is 0.851. The maximum absolute atomic E-state index is 10.3. The summed E-state index contributed by atoms with van der Waals surface area (Å²) >= 11 is 0.0763. The van der Waals surface area contributed by atoms with Crippen LogP contribution in [0.4, 0.5) is 0 Å². The largest absolute Gasteiger partial charge is 0.458 e. The van der Waals surface area contributed by atoms with E-state index in [0.717, 1.165) is 11.8 Å². The van der Waals surface area contributed by atoms with E-state index in [0.29, 0.717) is 0 Å². The predicted molar refractivity (Wildman–Crippen MR) is 91.1 cm³/mol. The summed E-state index contributed by atoms with van der Waals surface area (Å²) < 4.78 is 14.0. The first-order valence-corrected chi connectivity index (χ1v) is 7.54. The molecule has 0 spiro atoms. The quantitative estimate of drug-likeness (QED) is 0.484. The third kappa shape index (κ3) is 7.97. The highest BCUT2D eigenvalue weighted by Crippen LogP contribution is 2.07. The van der Waals surface area contributed by atoms with Gasteiger partial charge in [0.2, 0.25) is 0 Å². The summed E-state index contributed by atoms with van der Waals surface area (Å²) in [5.41, 5.74) is 2.74. The minimum absolute atomic E-state index is 0.0763. The molecule has 0 radical (unpaired) electrons. The van der Waals surface area contributed by atoms with Gasteiger partial charge in [0.1, 0.15) is 12.0 Å². The highest BCUT2D eigenvalue weighted by Gasteiger charge is 1.93. The third-order valence-corrected chi connectivity index (χ3v) is 2.87. The van der Waals surface area contributed by atoms with Crippen molar-refractivity contribution in [3.63, 3.8) is 0 Å². The van der Waals surface area contributed by atoms with Crippen LogP contribution in [0.5, 0.6) is 0 Å². The van der Waals surface area contributed by atoms with Gasteiger partial charge in [-0.2, -0.15) is 0 Å². The van der Waals surface area contributed by atoms with Crippen LogP contribution < -0.4 is 0 Å². The smallest absolute Gasteiger partial charge is 0.344 e. The molecule has 0 aliphatic heterocycles. The Morgan fingerprint density at radius 3 is 1.91 bits per heavy atom. The van der Waals surface area contributed by atoms with Crippen LogP contribution in [0.3, 0.4) is 0 Å². The van der Waals surface area contributed by atoms with Gasteiger partial charge in [-0.25, -0.2) is 9.00 Å². The van der Waals surface area contributed by atoms with Crippen LogP contribution in [0.25, 0.3) is 0 Å². The van der Waals surface area contributed by atoms with Crippen LogP contribution in [0.15, 0.2) is 73.3 Å². The molecule has 0 amide bonds. The molecule has 0 aromatic heterocycles. The van der Waals surface area contributed by atoms with Crippen LogP contribution in [0, 0.1) is 0 Å². The topological polar surface area (TPSA) is 43.4 Å². The maximum Gasteiger partial charge on any atom is 0.344 e. The lowest BCUT2D eigenvalue weighted by molar-refractivity contribution is -0.133. The van der Waals surface area contributed by atoms with Crippen molar-refractivity contribution < 1.29 is 13.7 Å². The zero-order chi connectivity index (χ0) is 16.0. The van der Waals surface area contributed by atoms with Gasteiger partial charge in [-0.3, -0.25) is 0 Å². The van der Waals surface area contributed by atoms with Gasteiger partial charge in [0.25, 0.3) is 0 Å². The molecular formula is C18H18O3S. The zero-order valence-electron chi connectivity index (χ0n) is 12.2. The van der Waals surface area contributed by atoms with Gasteiger partial charge in [0, 0.05) is 0 Å². The summed E-state index contributed by atoms with van der Waals surface area (Å²) in [7, 11) is 0. The summed E-state index contributed by atoms with van der Waals surface area (Å²) in [5.74, 6) is -0.616. The predicted octanol–water partition coefficient (Wildman–Crippen LogP) is 3.01. The molecule has 0 saturated heterocycles. The summed E-state index contributed by atoms with van der Waals surface area (Å²) in [6.07, 6.45) is 2.46. The van der Waals surface area contributed by atoms with E-state index in [2.05, 4.69) is 72.0 Å². The Hall–Kier alpha value is -2.46. The Morgan fingerprint density at radius 1 is 1.00 bits per heavy atom. The summed E-state index contributed by atoms with van der Waals surface area (Å²) in [4.78, 5) is 10.3. The molecule has 4 heteroatoms. The lowest BCUT2D eigenvalue weighted by Crippen LogP contribution is -2.04. The van der Waals surface area contributed by atoms with E-state index in [9.17, 15) is 9.00 Å². The summed E-state index contributed by atoms with van der Waals surface area (Å²) in [6, 6.07) is 21.1. The molecule has 3 nitrogen and oxygen atoms in total. The Morgan fingerprint density at radius 2 is 1.50 bits per heavy atom. The SMILES string of the molecule is C=CCOC(=O)C=S=O.c1ccc(Cc2ccccc2)cc1. The lowest BCUT2D eigenvalue weighted by atomic mass is 10.1. The molecule has 22 heavy (non-hydrogen) atoms. The van der Waals surface area contributed by atoms with Crippen molar-refractivity contribution in [1.29, 1.82) is 0 Å². The van der Waals surface area contributed by atoms with Crippen molar-refractivity contribution in [2.24, 2.45) is 0 Å². The van der Waals surface area contributed by atoms with Crippen LogP contribution in [0.1, 0.15) is 11.1 Å². The van der Waals surface area contributed by atoms with Crippen LogP contribution in [0.2, 0.25) is 0 Å². The van der Waals surface area contributed by atoms with Crippen molar-refractivity contribution in [2.75, 3.05) is 6.61 Å². The van der Waals surface area contributed by atoms with E-state index in [1.807, 2.05) is 0 Å². The number of hydrogen-bond acceptors (Lipinski definition) is 3. The Labute approximate surface area is 134 Å².